The van der Waals surface area contributed by atoms with Gasteiger partial charge in [-0.15, -0.1) is 0 Å². The lowest BCUT2D eigenvalue weighted by atomic mass is 9.94. The van der Waals surface area contributed by atoms with Gasteiger partial charge in [-0.1, -0.05) is 72.3 Å². The number of hydrogen-bond acceptors (Lipinski definition) is 5. The van der Waals surface area contributed by atoms with Gasteiger partial charge in [0.1, 0.15) is 6.61 Å². The number of ether oxygens (including phenoxy) is 1. The SMILES string of the molecule is CC1=C(C(=O)OCc2ccccc2)[C@H](c2cccc([N+](=O)[O-])c2)NC(=S)N1Cc1ccc(C)cc1. The number of aryl methyl sites for hydroxylation is 1. The first-order valence-corrected chi connectivity index (χ1v) is 11.5. The maximum Gasteiger partial charge on any atom is 0.338 e. The van der Waals surface area contributed by atoms with Crippen molar-refractivity contribution in [2.45, 2.75) is 33.0 Å². The lowest BCUT2D eigenvalue weighted by Crippen LogP contribution is -2.47. The van der Waals surface area contributed by atoms with Crippen LogP contribution in [0.15, 0.2) is 90.1 Å². The van der Waals surface area contributed by atoms with Gasteiger partial charge < -0.3 is 15.0 Å². The topological polar surface area (TPSA) is 84.7 Å². The monoisotopic (exact) mass is 487 g/mol. The number of carbonyl (C=O) groups excluding carboxylic acids is 1. The molecule has 0 radical (unpaired) electrons. The van der Waals surface area contributed by atoms with E-state index in [0.29, 0.717) is 28.5 Å². The van der Waals surface area contributed by atoms with E-state index in [1.807, 2.05) is 73.3 Å². The van der Waals surface area contributed by atoms with Crippen molar-refractivity contribution < 1.29 is 14.5 Å². The molecule has 0 aliphatic carbocycles. The van der Waals surface area contributed by atoms with Crippen LogP contribution in [0.2, 0.25) is 0 Å². The van der Waals surface area contributed by atoms with Crippen LogP contribution in [0, 0.1) is 17.0 Å². The molecule has 0 bridgehead atoms. The summed E-state index contributed by atoms with van der Waals surface area (Å²) in [5.41, 5.74) is 4.54. The molecule has 1 heterocycles. The van der Waals surface area contributed by atoms with E-state index in [-0.39, 0.29) is 12.3 Å². The van der Waals surface area contributed by atoms with Crippen molar-refractivity contribution in [3.63, 3.8) is 0 Å². The van der Waals surface area contributed by atoms with E-state index in [0.717, 1.165) is 16.7 Å². The van der Waals surface area contributed by atoms with E-state index < -0.39 is 16.9 Å². The van der Waals surface area contributed by atoms with Crippen LogP contribution in [-0.2, 0) is 22.7 Å². The number of non-ortho nitro benzene ring substituents is 1. The summed E-state index contributed by atoms with van der Waals surface area (Å²) >= 11 is 5.67. The third kappa shape index (κ3) is 5.55. The standard InChI is InChI=1S/C27H25N3O4S/c1-18-11-13-20(14-12-18)16-29-19(2)24(26(31)34-17-21-7-4-3-5-8-21)25(28-27(29)35)22-9-6-10-23(15-22)30(32)33/h3-15,25H,16-17H2,1-2H3,(H,28,35)/t25-/m0/s1. The molecule has 0 saturated carbocycles. The summed E-state index contributed by atoms with van der Waals surface area (Å²) in [5, 5.41) is 15.0. The number of carbonyl (C=O) groups is 1. The Kier molecular flexibility index (Phi) is 7.22. The van der Waals surface area contributed by atoms with Crippen molar-refractivity contribution in [3.05, 3.63) is 123 Å². The highest BCUT2D eigenvalue weighted by Crippen LogP contribution is 2.33. The predicted molar refractivity (Wildman–Crippen MR) is 137 cm³/mol. The third-order valence-electron chi connectivity index (χ3n) is 5.90. The second kappa shape index (κ2) is 10.5. The number of nitro groups is 1. The van der Waals surface area contributed by atoms with Gasteiger partial charge >= 0.3 is 5.97 Å². The molecule has 3 aromatic rings. The van der Waals surface area contributed by atoms with Crippen LogP contribution in [0.4, 0.5) is 5.69 Å². The Hall–Kier alpha value is -4.04. The molecule has 0 aromatic heterocycles. The number of nitro benzene ring substituents is 1. The lowest BCUT2D eigenvalue weighted by Gasteiger charge is -2.37. The predicted octanol–water partition coefficient (Wildman–Crippen LogP) is 5.35. The first kappa shape index (κ1) is 24.1. The zero-order valence-electron chi connectivity index (χ0n) is 19.4. The number of esters is 1. The van der Waals surface area contributed by atoms with E-state index >= 15 is 0 Å². The van der Waals surface area contributed by atoms with Gasteiger partial charge in [-0.25, -0.2) is 4.79 Å². The largest absolute Gasteiger partial charge is 0.457 e. The quantitative estimate of drug-likeness (QED) is 0.208. The normalized spacial score (nSPS) is 15.5. The Balaban J connectivity index is 1.71. The molecule has 0 spiro atoms. The molecule has 0 unspecified atom stereocenters. The molecule has 7 nitrogen and oxygen atoms in total. The van der Waals surface area contributed by atoms with E-state index in [1.54, 1.807) is 12.1 Å². The lowest BCUT2D eigenvalue weighted by molar-refractivity contribution is -0.384. The summed E-state index contributed by atoms with van der Waals surface area (Å²) in [7, 11) is 0. The molecule has 0 amide bonds. The van der Waals surface area contributed by atoms with Crippen molar-refractivity contribution in [2.24, 2.45) is 0 Å². The van der Waals surface area contributed by atoms with Crippen LogP contribution in [-0.4, -0.2) is 20.9 Å². The van der Waals surface area contributed by atoms with Gasteiger partial charge in [0.15, 0.2) is 5.11 Å². The van der Waals surface area contributed by atoms with Crippen molar-refractivity contribution in [1.82, 2.24) is 10.2 Å². The molecule has 178 valence electrons. The second-order valence-corrected chi connectivity index (χ2v) is 8.75. The Morgan fingerprint density at radius 1 is 1.03 bits per heavy atom. The maximum atomic E-state index is 13.4. The summed E-state index contributed by atoms with van der Waals surface area (Å²) in [6, 6.07) is 23.0. The molecule has 0 saturated heterocycles. The molecule has 35 heavy (non-hydrogen) atoms. The maximum absolute atomic E-state index is 13.4. The second-order valence-electron chi connectivity index (χ2n) is 8.37. The van der Waals surface area contributed by atoms with Crippen LogP contribution in [0.3, 0.4) is 0 Å². The number of thiocarbonyl (C=S) groups is 1. The van der Waals surface area contributed by atoms with E-state index in [2.05, 4.69) is 5.32 Å². The van der Waals surface area contributed by atoms with Gasteiger partial charge in [-0.2, -0.15) is 0 Å². The molecule has 0 fully saturated rings. The highest BCUT2D eigenvalue weighted by atomic mass is 32.1. The van der Waals surface area contributed by atoms with Gasteiger partial charge in [0, 0.05) is 24.4 Å². The molecule has 8 heteroatoms. The van der Waals surface area contributed by atoms with Crippen molar-refractivity contribution in [2.75, 3.05) is 0 Å². The minimum atomic E-state index is -0.681. The molecule has 1 aliphatic rings. The summed E-state index contributed by atoms with van der Waals surface area (Å²) in [4.78, 5) is 26.2. The van der Waals surface area contributed by atoms with Crippen molar-refractivity contribution in [3.8, 4) is 0 Å². The molecular weight excluding hydrogens is 462 g/mol. The van der Waals surface area contributed by atoms with E-state index in [1.165, 1.54) is 12.1 Å². The minimum Gasteiger partial charge on any atom is -0.457 e. The van der Waals surface area contributed by atoms with Crippen LogP contribution < -0.4 is 5.32 Å². The van der Waals surface area contributed by atoms with Crippen LogP contribution in [0.1, 0.15) is 35.2 Å². The molecule has 3 aromatic carbocycles. The summed E-state index contributed by atoms with van der Waals surface area (Å²) in [6.07, 6.45) is 0. The fourth-order valence-corrected chi connectivity index (χ4v) is 4.30. The Bertz CT molecular complexity index is 1290. The van der Waals surface area contributed by atoms with Crippen molar-refractivity contribution in [1.29, 1.82) is 0 Å². The van der Waals surface area contributed by atoms with Crippen LogP contribution >= 0.6 is 12.2 Å². The highest BCUT2D eigenvalue weighted by Gasteiger charge is 2.35. The molecule has 1 atom stereocenters. The number of hydrogen-bond donors (Lipinski definition) is 1. The average molecular weight is 488 g/mol. The van der Waals surface area contributed by atoms with Gasteiger partial charge in [0.05, 0.1) is 16.5 Å². The van der Waals surface area contributed by atoms with Gasteiger partial charge in [0.2, 0.25) is 0 Å². The first-order valence-electron chi connectivity index (χ1n) is 11.1. The number of benzene rings is 3. The van der Waals surface area contributed by atoms with Crippen molar-refractivity contribution >= 4 is 29.0 Å². The number of nitrogens with zero attached hydrogens (tertiary/aromatic N) is 2. The number of rotatable bonds is 7. The van der Waals surface area contributed by atoms with Crippen LogP contribution in [0.25, 0.3) is 0 Å². The highest BCUT2D eigenvalue weighted by molar-refractivity contribution is 7.80. The molecule has 4 rings (SSSR count). The van der Waals surface area contributed by atoms with Gasteiger partial charge in [-0.05, 0) is 42.8 Å². The summed E-state index contributed by atoms with van der Waals surface area (Å²) in [6.45, 7) is 4.42. The zero-order chi connectivity index (χ0) is 24.9. The Morgan fingerprint density at radius 2 is 1.74 bits per heavy atom. The Labute approximate surface area is 209 Å². The van der Waals surface area contributed by atoms with E-state index in [4.69, 9.17) is 17.0 Å². The number of allylic oxidation sites excluding steroid dienone is 1. The van der Waals surface area contributed by atoms with E-state index in [9.17, 15) is 14.9 Å². The van der Waals surface area contributed by atoms with Gasteiger partial charge in [0.25, 0.3) is 5.69 Å². The number of nitrogens with one attached hydrogen (secondary N) is 1. The molecular formula is C27H25N3O4S. The smallest absolute Gasteiger partial charge is 0.338 e. The van der Waals surface area contributed by atoms with Gasteiger partial charge in [-0.3, -0.25) is 10.1 Å². The fourth-order valence-electron chi connectivity index (χ4n) is 3.98. The third-order valence-corrected chi connectivity index (χ3v) is 6.24. The minimum absolute atomic E-state index is 0.0630. The fraction of sp³-hybridized carbons (Fsp3) is 0.185. The summed E-state index contributed by atoms with van der Waals surface area (Å²) in [5.74, 6) is -0.508. The zero-order valence-corrected chi connectivity index (χ0v) is 20.2. The molecule has 1 aliphatic heterocycles. The molecule has 1 N–H and O–H groups in total. The van der Waals surface area contributed by atoms with Crippen LogP contribution in [0.5, 0.6) is 0 Å². The Morgan fingerprint density at radius 3 is 2.43 bits per heavy atom. The summed E-state index contributed by atoms with van der Waals surface area (Å²) < 4.78 is 5.68. The first-order chi connectivity index (χ1) is 16.8. The average Bonchev–Trinajstić information content (AvgIpc) is 2.86.